The molecule has 0 radical (unpaired) electrons. The summed E-state index contributed by atoms with van der Waals surface area (Å²) in [5.74, 6) is 1.88. The quantitative estimate of drug-likeness (QED) is 0.591. The Labute approximate surface area is 195 Å². The summed E-state index contributed by atoms with van der Waals surface area (Å²) in [6.45, 7) is 9.04. The zero-order valence-corrected chi connectivity index (χ0v) is 19.5. The molecule has 0 spiro atoms. The predicted molar refractivity (Wildman–Crippen MR) is 130 cm³/mol. The molecule has 0 bridgehead atoms. The van der Waals surface area contributed by atoms with Gasteiger partial charge in [0.15, 0.2) is 0 Å². The summed E-state index contributed by atoms with van der Waals surface area (Å²) >= 11 is 0. The fourth-order valence-corrected chi connectivity index (χ4v) is 4.30. The highest BCUT2D eigenvalue weighted by Crippen LogP contribution is 2.29. The highest BCUT2D eigenvalue weighted by molar-refractivity contribution is 5.90. The van der Waals surface area contributed by atoms with Crippen molar-refractivity contribution >= 4 is 23.5 Å². The number of carbonyl (C=O) groups excluding carboxylic acids is 1. The number of carbonyl (C=O) groups is 1. The zero-order valence-electron chi connectivity index (χ0n) is 19.5. The van der Waals surface area contributed by atoms with E-state index in [9.17, 15) is 9.90 Å². The number of hydrogen-bond acceptors (Lipinski definition) is 7. The summed E-state index contributed by atoms with van der Waals surface area (Å²) in [6.07, 6.45) is 2.17. The first kappa shape index (κ1) is 23.3. The number of urea groups is 1. The normalized spacial score (nSPS) is 18.5. The number of likely N-dealkylation sites (tertiary alicyclic amines) is 1. The number of amides is 2. The molecule has 9 heteroatoms. The highest BCUT2D eigenvalue weighted by atomic mass is 16.5. The van der Waals surface area contributed by atoms with E-state index in [1.165, 1.54) is 0 Å². The van der Waals surface area contributed by atoms with Crippen LogP contribution in [0.5, 0.6) is 0 Å². The molecular formula is C24H34N6O3. The van der Waals surface area contributed by atoms with E-state index in [-0.39, 0.29) is 12.6 Å². The number of anilines is 3. The molecular weight excluding hydrogens is 420 g/mol. The van der Waals surface area contributed by atoms with Gasteiger partial charge in [-0.05, 0) is 37.0 Å². The second kappa shape index (κ2) is 10.8. The van der Waals surface area contributed by atoms with Crippen LogP contribution in [0.25, 0.3) is 11.3 Å². The third-order valence-corrected chi connectivity index (χ3v) is 6.36. The van der Waals surface area contributed by atoms with E-state index in [1.807, 2.05) is 36.1 Å². The van der Waals surface area contributed by atoms with Gasteiger partial charge in [-0.15, -0.1) is 0 Å². The number of aliphatic hydroxyl groups excluding tert-OH is 1. The molecule has 2 aliphatic heterocycles. The van der Waals surface area contributed by atoms with Crippen LogP contribution in [0.2, 0.25) is 0 Å². The lowest BCUT2D eigenvalue weighted by Crippen LogP contribution is -2.37. The third kappa shape index (κ3) is 5.72. The third-order valence-electron chi connectivity index (χ3n) is 6.36. The molecule has 3 N–H and O–H groups in total. The fraction of sp³-hybridized carbons (Fsp3) is 0.542. The Morgan fingerprint density at radius 3 is 2.76 bits per heavy atom. The van der Waals surface area contributed by atoms with Crippen LogP contribution in [0.4, 0.5) is 22.2 Å². The van der Waals surface area contributed by atoms with Crippen molar-refractivity contribution in [2.45, 2.75) is 26.7 Å². The summed E-state index contributed by atoms with van der Waals surface area (Å²) < 4.78 is 5.48. The van der Waals surface area contributed by atoms with Crippen LogP contribution in [-0.4, -0.2) is 78.5 Å². The van der Waals surface area contributed by atoms with Gasteiger partial charge >= 0.3 is 6.03 Å². The van der Waals surface area contributed by atoms with Crippen LogP contribution in [0, 0.1) is 12.8 Å². The second-order valence-electron chi connectivity index (χ2n) is 8.65. The van der Waals surface area contributed by atoms with Gasteiger partial charge in [0.05, 0.1) is 25.5 Å². The number of hydrogen-bond donors (Lipinski definition) is 3. The van der Waals surface area contributed by atoms with Gasteiger partial charge in [0.25, 0.3) is 0 Å². The first-order chi connectivity index (χ1) is 16.1. The minimum Gasteiger partial charge on any atom is -0.395 e. The van der Waals surface area contributed by atoms with E-state index < -0.39 is 0 Å². The van der Waals surface area contributed by atoms with Crippen molar-refractivity contribution in [3.8, 4) is 11.3 Å². The molecule has 3 heterocycles. The Hall–Kier alpha value is -2.91. The number of aliphatic hydroxyl groups is 1. The van der Waals surface area contributed by atoms with Gasteiger partial charge < -0.3 is 30.3 Å². The molecule has 0 saturated carbocycles. The van der Waals surface area contributed by atoms with Crippen molar-refractivity contribution in [1.29, 1.82) is 0 Å². The van der Waals surface area contributed by atoms with E-state index >= 15 is 0 Å². The van der Waals surface area contributed by atoms with Crippen molar-refractivity contribution in [1.82, 2.24) is 14.9 Å². The van der Waals surface area contributed by atoms with Crippen LogP contribution >= 0.6 is 0 Å². The lowest BCUT2D eigenvalue weighted by Gasteiger charge is -2.28. The van der Waals surface area contributed by atoms with Gasteiger partial charge in [0.2, 0.25) is 5.95 Å². The molecule has 4 rings (SSSR count). The number of ether oxygens (including phenoxy) is 1. The van der Waals surface area contributed by atoms with Crippen LogP contribution in [0.15, 0.2) is 24.3 Å². The van der Waals surface area contributed by atoms with Gasteiger partial charge in [-0.3, -0.25) is 0 Å². The van der Waals surface area contributed by atoms with Crippen LogP contribution in [0.3, 0.4) is 0 Å². The topological polar surface area (TPSA) is 103 Å². The molecule has 0 aliphatic carbocycles. The summed E-state index contributed by atoms with van der Waals surface area (Å²) in [5.41, 5.74) is 3.51. The Morgan fingerprint density at radius 2 is 2.03 bits per heavy atom. The Balaban J connectivity index is 1.59. The number of morpholine rings is 1. The van der Waals surface area contributed by atoms with Gasteiger partial charge in [-0.1, -0.05) is 19.4 Å². The molecule has 2 saturated heterocycles. The van der Waals surface area contributed by atoms with E-state index in [1.54, 1.807) is 0 Å². The maximum absolute atomic E-state index is 12.8. The molecule has 0 unspecified atom stereocenters. The second-order valence-corrected chi connectivity index (χ2v) is 8.65. The molecule has 1 atom stereocenters. The number of aryl methyl sites for hydroxylation is 1. The summed E-state index contributed by atoms with van der Waals surface area (Å²) in [4.78, 5) is 26.2. The molecule has 2 aliphatic rings. The number of nitrogens with one attached hydrogen (secondary N) is 2. The predicted octanol–water partition coefficient (Wildman–Crippen LogP) is 2.96. The van der Waals surface area contributed by atoms with E-state index in [2.05, 4.69) is 27.4 Å². The average molecular weight is 455 g/mol. The summed E-state index contributed by atoms with van der Waals surface area (Å²) in [6, 6.07) is 7.83. The van der Waals surface area contributed by atoms with Crippen molar-refractivity contribution in [3.05, 3.63) is 29.8 Å². The van der Waals surface area contributed by atoms with E-state index in [0.717, 1.165) is 67.3 Å². The Morgan fingerprint density at radius 1 is 1.21 bits per heavy atom. The average Bonchev–Trinajstić information content (AvgIpc) is 3.34. The molecule has 2 fully saturated rings. The van der Waals surface area contributed by atoms with Gasteiger partial charge in [-0.25, -0.2) is 9.78 Å². The van der Waals surface area contributed by atoms with E-state index in [0.29, 0.717) is 31.6 Å². The smallest absolute Gasteiger partial charge is 0.321 e. The molecule has 9 nitrogen and oxygen atoms in total. The molecule has 33 heavy (non-hydrogen) atoms. The fourth-order valence-electron chi connectivity index (χ4n) is 4.30. The van der Waals surface area contributed by atoms with Crippen molar-refractivity contribution < 1.29 is 14.6 Å². The molecule has 2 aromatic rings. The molecule has 2 amide bonds. The lowest BCUT2D eigenvalue weighted by atomic mass is 10.0. The van der Waals surface area contributed by atoms with Crippen molar-refractivity contribution in [3.63, 3.8) is 0 Å². The summed E-state index contributed by atoms with van der Waals surface area (Å²) in [7, 11) is 0. The summed E-state index contributed by atoms with van der Waals surface area (Å²) in [5, 5.41) is 15.4. The highest BCUT2D eigenvalue weighted by Gasteiger charge is 2.25. The number of nitrogens with zero attached hydrogens (tertiary/aromatic N) is 4. The Kier molecular flexibility index (Phi) is 7.61. The minimum atomic E-state index is -0.0530. The monoisotopic (exact) mass is 454 g/mol. The van der Waals surface area contributed by atoms with Gasteiger partial charge in [-0.2, -0.15) is 4.98 Å². The van der Waals surface area contributed by atoms with Crippen LogP contribution in [0.1, 0.15) is 25.3 Å². The lowest BCUT2D eigenvalue weighted by molar-refractivity contribution is 0.122. The maximum Gasteiger partial charge on any atom is 0.321 e. The van der Waals surface area contributed by atoms with Crippen molar-refractivity contribution in [2.75, 3.05) is 68.1 Å². The van der Waals surface area contributed by atoms with Gasteiger partial charge in [0, 0.05) is 50.0 Å². The number of rotatable bonds is 7. The molecule has 178 valence electrons. The molecule has 1 aromatic carbocycles. The zero-order chi connectivity index (χ0) is 23.2. The number of aromatic nitrogens is 2. The van der Waals surface area contributed by atoms with Crippen LogP contribution < -0.4 is 15.5 Å². The first-order valence-electron chi connectivity index (χ1n) is 11.8. The largest absolute Gasteiger partial charge is 0.395 e. The number of benzene rings is 1. The van der Waals surface area contributed by atoms with Gasteiger partial charge in [0.1, 0.15) is 5.82 Å². The SMILES string of the molecule is CC[C@@H]1CCN(C(=O)Nc2ccc(C)c(-c3cc(N4CCOCC4)nc(NCCO)n3)c2)C1. The van der Waals surface area contributed by atoms with Crippen LogP contribution in [-0.2, 0) is 4.74 Å². The van der Waals surface area contributed by atoms with Crippen molar-refractivity contribution in [2.24, 2.45) is 5.92 Å². The first-order valence-corrected chi connectivity index (χ1v) is 11.8. The minimum absolute atomic E-state index is 0.00356. The Bertz CT molecular complexity index is 963. The van der Waals surface area contributed by atoms with E-state index in [4.69, 9.17) is 9.72 Å². The maximum atomic E-state index is 12.8. The molecule has 1 aromatic heterocycles. The standard InChI is InChI=1S/C24H34N6O3/c1-3-18-6-8-30(16-18)24(32)26-19-5-4-17(2)20(14-19)21-15-22(29-9-12-33-13-10-29)28-23(27-21)25-7-11-31/h4-5,14-15,18,31H,3,6-13,16H2,1-2H3,(H,26,32)(H,25,27,28)/t18-/m1/s1.